The van der Waals surface area contributed by atoms with Crippen LogP contribution in [0.15, 0.2) is 42.5 Å². The second-order valence-corrected chi connectivity index (χ2v) is 8.67. The average molecular weight is 443 g/mol. The molecule has 2 aromatic rings. The SMILES string of the molecule is O=C(Nc1cc(NC(=O)C2(c3ccc(F)cc3)CCOCC2)ccc1F)C1CCCCC1. The highest BCUT2D eigenvalue weighted by Crippen LogP contribution is 2.36. The first-order chi connectivity index (χ1) is 15.5. The van der Waals surface area contributed by atoms with E-state index in [0.717, 1.165) is 32.1 Å². The quantitative estimate of drug-likeness (QED) is 0.671. The highest BCUT2D eigenvalue weighted by Gasteiger charge is 2.41. The summed E-state index contributed by atoms with van der Waals surface area (Å²) in [6.45, 7) is 0.827. The molecule has 2 N–H and O–H groups in total. The van der Waals surface area contributed by atoms with Crippen LogP contribution in [0.1, 0.15) is 50.5 Å². The monoisotopic (exact) mass is 442 g/mol. The smallest absolute Gasteiger partial charge is 0.235 e. The van der Waals surface area contributed by atoms with Gasteiger partial charge in [0, 0.05) is 24.8 Å². The molecule has 2 fully saturated rings. The second kappa shape index (κ2) is 9.77. The fourth-order valence-electron chi connectivity index (χ4n) is 4.68. The van der Waals surface area contributed by atoms with E-state index in [9.17, 15) is 18.4 Å². The summed E-state index contributed by atoms with van der Waals surface area (Å²) < 4.78 is 33.3. The van der Waals surface area contributed by atoms with Crippen LogP contribution in [0, 0.1) is 17.6 Å². The maximum Gasteiger partial charge on any atom is 0.235 e. The largest absolute Gasteiger partial charge is 0.381 e. The lowest BCUT2D eigenvalue weighted by atomic mass is 9.73. The lowest BCUT2D eigenvalue weighted by molar-refractivity contribution is -0.125. The minimum atomic E-state index is -0.869. The lowest BCUT2D eigenvalue weighted by Gasteiger charge is -2.36. The minimum Gasteiger partial charge on any atom is -0.381 e. The number of anilines is 2. The number of ether oxygens (including phenoxy) is 1. The van der Waals surface area contributed by atoms with E-state index >= 15 is 0 Å². The predicted octanol–water partition coefficient (Wildman–Crippen LogP) is 5.17. The third-order valence-corrected chi connectivity index (χ3v) is 6.64. The molecule has 0 atom stereocenters. The number of hydrogen-bond donors (Lipinski definition) is 2. The standard InChI is InChI=1S/C25H28F2N2O3/c26-19-8-6-18(7-9-19)25(12-14-32-15-13-25)24(31)28-20-10-11-21(27)22(16-20)29-23(30)17-4-2-1-3-5-17/h6-11,16-17H,1-5,12-15H2,(H,28,31)(H,29,30). The molecule has 170 valence electrons. The molecule has 1 saturated heterocycles. The van der Waals surface area contributed by atoms with Crippen molar-refractivity contribution in [3.05, 3.63) is 59.7 Å². The van der Waals surface area contributed by atoms with Crippen LogP contribution in [0.2, 0.25) is 0 Å². The summed E-state index contributed by atoms with van der Waals surface area (Å²) in [6.07, 6.45) is 5.67. The normalized spacial score (nSPS) is 18.7. The zero-order valence-electron chi connectivity index (χ0n) is 18.0. The number of amides is 2. The Morgan fingerprint density at radius 1 is 0.906 bits per heavy atom. The van der Waals surface area contributed by atoms with Crippen molar-refractivity contribution >= 4 is 23.2 Å². The summed E-state index contributed by atoms with van der Waals surface area (Å²) in [4.78, 5) is 26.0. The molecule has 0 unspecified atom stereocenters. The predicted molar refractivity (Wildman–Crippen MR) is 118 cm³/mol. The molecule has 0 spiro atoms. The van der Waals surface area contributed by atoms with Gasteiger partial charge in [-0.3, -0.25) is 9.59 Å². The molecular weight excluding hydrogens is 414 g/mol. The van der Waals surface area contributed by atoms with Crippen LogP contribution < -0.4 is 10.6 Å². The third-order valence-electron chi connectivity index (χ3n) is 6.64. The molecule has 2 amide bonds. The Balaban J connectivity index is 1.53. The van der Waals surface area contributed by atoms with Gasteiger partial charge in [-0.1, -0.05) is 31.4 Å². The van der Waals surface area contributed by atoms with E-state index in [1.807, 2.05) is 0 Å². The minimum absolute atomic E-state index is 0.0567. The Morgan fingerprint density at radius 2 is 1.59 bits per heavy atom. The van der Waals surface area contributed by atoms with Gasteiger partial charge >= 0.3 is 0 Å². The molecule has 5 nitrogen and oxygen atoms in total. The molecule has 1 aliphatic heterocycles. The fraction of sp³-hybridized carbons (Fsp3) is 0.440. The lowest BCUT2D eigenvalue weighted by Crippen LogP contribution is -2.44. The number of carbonyl (C=O) groups is 2. The van der Waals surface area contributed by atoms with Crippen molar-refractivity contribution in [2.75, 3.05) is 23.8 Å². The Bertz CT molecular complexity index is 966. The van der Waals surface area contributed by atoms with Crippen molar-refractivity contribution in [2.24, 2.45) is 5.92 Å². The van der Waals surface area contributed by atoms with Crippen molar-refractivity contribution in [1.82, 2.24) is 0 Å². The molecule has 0 bridgehead atoms. The van der Waals surface area contributed by atoms with E-state index in [1.165, 1.54) is 30.3 Å². The summed E-state index contributed by atoms with van der Waals surface area (Å²) in [5.74, 6) is -1.46. The van der Waals surface area contributed by atoms with Gasteiger partial charge in [-0.05, 0) is 61.6 Å². The highest BCUT2D eigenvalue weighted by molar-refractivity contribution is 6.00. The average Bonchev–Trinajstić information content (AvgIpc) is 2.82. The van der Waals surface area contributed by atoms with Gasteiger partial charge in [0.2, 0.25) is 11.8 Å². The van der Waals surface area contributed by atoms with Gasteiger partial charge < -0.3 is 15.4 Å². The first-order valence-electron chi connectivity index (χ1n) is 11.2. The van der Waals surface area contributed by atoms with Gasteiger partial charge in [0.15, 0.2) is 0 Å². The topological polar surface area (TPSA) is 67.4 Å². The van der Waals surface area contributed by atoms with Gasteiger partial charge in [0.1, 0.15) is 11.6 Å². The summed E-state index contributed by atoms with van der Waals surface area (Å²) in [6, 6.07) is 10.1. The van der Waals surface area contributed by atoms with Crippen molar-refractivity contribution in [1.29, 1.82) is 0 Å². The van der Waals surface area contributed by atoms with E-state index in [-0.39, 0.29) is 29.2 Å². The van der Waals surface area contributed by atoms with Crippen molar-refractivity contribution < 1.29 is 23.1 Å². The van der Waals surface area contributed by atoms with Gasteiger partial charge in [-0.2, -0.15) is 0 Å². The van der Waals surface area contributed by atoms with Crippen molar-refractivity contribution in [2.45, 2.75) is 50.4 Å². The van der Waals surface area contributed by atoms with Crippen LogP contribution in [0.3, 0.4) is 0 Å². The number of nitrogens with one attached hydrogen (secondary N) is 2. The van der Waals surface area contributed by atoms with Crippen LogP contribution in [0.5, 0.6) is 0 Å². The van der Waals surface area contributed by atoms with E-state index in [4.69, 9.17) is 4.74 Å². The van der Waals surface area contributed by atoms with E-state index in [1.54, 1.807) is 12.1 Å². The molecule has 1 heterocycles. The Kier molecular flexibility index (Phi) is 6.84. The molecule has 1 aliphatic carbocycles. The van der Waals surface area contributed by atoms with Gasteiger partial charge in [-0.15, -0.1) is 0 Å². The van der Waals surface area contributed by atoms with Crippen LogP contribution in [-0.2, 0) is 19.7 Å². The van der Waals surface area contributed by atoms with Crippen LogP contribution in [-0.4, -0.2) is 25.0 Å². The molecule has 1 saturated carbocycles. The van der Waals surface area contributed by atoms with Crippen molar-refractivity contribution in [3.63, 3.8) is 0 Å². The highest BCUT2D eigenvalue weighted by atomic mass is 19.1. The van der Waals surface area contributed by atoms with Crippen LogP contribution in [0.25, 0.3) is 0 Å². The number of carbonyl (C=O) groups excluding carboxylic acids is 2. The van der Waals surface area contributed by atoms with E-state index < -0.39 is 11.2 Å². The first-order valence-corrected chi connectivity index (χ1v) is 11.2. The molecule has 0 radical (unpaired) electrons. The number of rotatable bonds is 5. The molecule has 7 heteroatoms. The van der Waals surface area contributed by atoms with Gasteiger partial charge in [-0.25, -0.2) is 8.78 Å². The summed E-state index contributed by atoms with van der Waals surface area (Å²) in [5.41, 5.74) is 0.295. The zero-order chi connectivity index (χ0) is 22.6. The van der Waals surface area contributed by atoms with Crippen LogP contribution >= 0.6 is 0 Å². The number of hydrogen-bond acceptors (Lipinski definition) is 3. The summed E-state index contributed by atoms with van der Waals surface area (Å²) in [5, 5.41) is 5.57. The van der Waals surface area contributed by atoms with Gasteiger partial charge in [0.25, 0.3) is 0 Å². The number of benzene rings is 2. The maximum atomic E-state index is 14.4. The van der Waals surface area contributed by atoms with E-state index in [2.05, 4.69) is 10.6 Å². The molecular formula is C25H28F2N2O3. The zero-order valence-corrected chi connectivity index (χ0v) is 18.0. The Hall–Kier alpha value is -2.80. The van der Waals surface area contributed by atoms with Crippen LogP contribution in [0.4, 0.5) is 20.2 Å². The summed E-state index contributed by atoms with van der Waals surface area (Å²) >= 11 is 0. The number of halogens is 2. The molecule has 2 aromatic carbocycles. The molecule has 0 aromatic heterocycles. The Morgan fingerprint density at radius 3 is 2.28 bits per heavy atom. The molecule has 4 rings (SSSR count). The first kappa shape index (κ1) is 22.4. The third kappa shape index (κ3) is 4.83. The maximum absolute atomic E-state index is 14.4. The fourth-order valence-corrected chi connectivity index (χ4v) is 4.68. The second-order valence-electron chi connectivity index (χ2n) is 8.67. The molecule has 32 heavy (non-hydrogen) atoms. The van der Waals surface area contributed by atoms with E-state index in [0.29, 0.717) is 37.3 Å². The van der Waals surface area contributed by atoms with Crippen molar-refractivity contribution in [3.8, 4) is 0 Å². The summed E-state index contributed by atoms with van der Waals surface area (Å²) in [7, 11) is 0. The van der Waals surface area contributed by atoms with Gasteiger partial charge in [0.05, 0.1) is 11.1 Å². The molecule has 2 aliphatic rings. The Labute approximate surface area is 186 Å².